The van der Waals surface area contributed by atoms with Gasteiger partial charge in [0.1, 0.15) is 12.1 Å². The van der Waals surface area contributed by atoms with Gasteiger partial charge in [-0.15, -0.1) is 11.3 Å². The van der Waals surface area contributed by atoms with E-state index in [-0.39, 0.29) is 23.9 Å². The van der Waals surface area contributed by atoms with Crippen molar-refractivity contribution in [2.24, 2.45) is 0 Å². The maximum absolute atomic E-state index is 13.1. The summed E-state index contributed by atoms with van der Waals surface area (Å²) in [5, 5.41) is 3.10. The van der Waals surface area contributed by atoms with Crippen molar-refractivity contribution in [3.05, 3.63) is 64.8 Å². The van der Waals surface area contributed by atoms with Gasteiger partial charge in [0.2, 0.25) is 10.0 Å². The van der Waals surface area contributed by atoms with E-state index in [1.165, 1.54) is 40.3 Å². The van der Waals surface area contributed by atoms with Crippen LogP contribution in [0.2, 0.25) is 0 Å². The summed E-state index contributed by atoms with van der Waals surface area (Å²) >= 11 is 1.24. The first-order valence-corrected chi connectivity index (χ1v) is 10.3. The fourth-order valence-electron chi connectivity index (χ4n) is 2.75. The molecule has 4 rings (SSSR count). The van der Waals surface area contributed by atoms with E-state index in [0.717, 1.165) is 22.7 Å². The van der Waals surface area contributed by atoms with Crippen LogP contribution in [0.1, 0.15) is 20.9 Å². The summed E-state index contributed by atoms with van der Waals surface area (Å²) in [5.74, 6) is -0.832. The van der Waals surface area contributed by atoms with E-state index < -0.39 is 15.8 Å². The molecule has 0 bridgehead atoms. The Morgan fingerprint density at radius 2 is 2.04 bits per heavy atom. The Kier molecular flexibility index (Phi) is 4.54. The number of nitrogens with zero attached hydrogens (tertiary/aromatic N) is 2. The summed E-state index contributed by atoms with van der Waals surface area (Å²) in [6, 6.07) is 6.30. The first kappa shape index (κ1) is 17.8. The molecule has 0 saturated carbocycles. The van der Waals surface area contributed by atoms with E-state index >= 15 is 0 Å². The average molecular weight is 407 g/mol. The Hall–Kier alpha value is -2.56. The Bertz CT molecular complexity index is 1080. The molecule has 0 fully saturated rings. The van der Waals surface area contributed by atoms with Gasteiger partial charge < -0.3 is 4.42 Å². The quantitative estimate of drug-likeness (QED) is 0.718. The lowest BCUT2D eigenvalue weighted by Gasteiger charge is -2.25. The van der Waals surface area contributed by atoms with Crippen LogP contribution >= 0.6 is 11.3 Å². The number of halogens is 1. The number of hydrogen-bond acceptors (Lipinski definition) is 6. The molecule has 7 nitrogen and oxygen atoms in total. The topological polar surface area (TPSA) is 92.5 Å². The van der Waals surface area contributed by atoms with Gasteiger partial charge >= 0.3 is 0 Å². The van der Waals surface area contributed by atoms with Crippen molar-refractivity contribution in [2.75, 3.05) is 11.9 Å². The summed E-state index contributed by atoms with van der Waals surface area (Å²) in [4.78, 5) is 17.3. The highest BCUT2D eigenvalue weighted by atomic mass is 32.2. The lowest BCUT2D eigenvalue weighted by atomic mass is 10.2. The van der Waals surface area contributed by atoms with Gasteiger partial charge in [0.15, 0.2) is 5.13 Å². The van der Waals surface area contributed by atoms with Gasteiger partial charge in [-0.3, -0.25) is 10.1 Å². The Labute approximate surface area is 158 Å². The molecule has 1 aromatic carbocycles. The summed E-state index contributed by atoms with van der Waals surface area (Å²) in [6.07, 6.45) is 3.17. The van der Waals surface area contributed by atoms with Crippen LogP contribution in [-0.4, -0.2) is 30.2 Å². The first-order valence-electron chi connectivity index (χ1n) is 8.01. The minimum absolute atomic E-state index is 0.0466. The molecule has 140 valence electrons. The number of hydrogen-bond donors (Lipinski definition) is 1. The highest BCUT2D eigenvalue weighted by molar-refractivity contribution is 7.89. The Balaban J connectivity index is 1.52. The standard InChI is InChI=1S/C17H14FN3O4S2/c18-12-1-3-13(4-2-12)27(23,24)21-7-5-14-15(9-21)26-17(19-14)20-16(22)11-6-8-25-10-11/h1-4,6,8,10H,5,7,9H2,(H,19,20,22). The zero-order valence-electron chi connectivity index (χ0n) is 13.9. The normalized spacial score (nSPS) is 14.7. The summed E-state index contributed by atoms with van der Waals surface area (Å²) < 4.78 is 44.8. The maximum Gasteiger partial charge on any atom is 0.260 e. The van der Waals surface area contributed by atoms with Crippen molar-refractivity contribution < 1.29 is 22.0 Å². The van der Waals surface area contributed by atoms with E-state index in [4.69, 9.17) is 4.42 Å². The van der Waals surface area contributed by atoms with E-state index in [2.05, 4.69) is 10.3 Å². The molecule has 0 spiro atoms. The molecule has 1 aliphatic rings. The number of amides is 1. The van der Waals surface area contributed by atoms with E-state index in [1.54, 1.807) is 6.07 Å². The lowest BCUT2D eigenvalue weighted by Crippen LogP contribution is -2.35. The number of benzene rings is 1. The second-order valence-electron chi connectivity index (χ2n) is 5.90. The van der Waals surface area contributed by atoms with Crippen molar-refractivity contribution in [1.82, 2.24) is 9.29 Å². The van der Waals surface area contributed by atoms with Gasteiger partial charge in [0, 0.05) is 17.8 Å². The predicted molar refractivity (Wildman–Crippen MR) is 96.5 cm³/mol. The molecule has 3 heterocycles. The van der Waals surface area contributed by atoms with Crippen LogP contribution in [0, 0.1) is 5.82 Å². The largest absolute Gasteiger partial charge is 0.472 e. The monoisotopic (exact) mass is 407 g/mol. The zero-order valence-corrected chi connectivity index (χ0v) is 15.5. The van der Waals surface area contributed by atoms with Crippen LogP contribution in [0.4, 0.5) is 9.52 Å². The van der Waals surface area contributed by atoms with Gasteiger partial charge in [-0.05, 0) is 30.3 Å². The van der Waals surface area contributed by atoms with Gasteiger partial charge in [-0.1, -0.05) is 0 Å². The number of thiazole rings is 1. The van der Waals surface area contributed by atoms with E-state index in [9.17, 15) is 17.6 Å². The fraction of sp³-hybridized carbons (Fsp3) is 0.176. The third-order valence-corrected chi connectivity index (χ3v) is 7.01. The zero-order chi connectivity index (χ0) is 19.0. The van der Waals surface area contributed by atoms with Crippen LogP contribution in [0.25, 0.3) is 0 Å². The molecule has 0 aliphatic carbocycles. The molecule has 0 unspecified atom stereocenters. The molecule has 0 atom stereocenters. The number of carbonyl (C=O) groups is 1. The maximum atomic E-state index is 13.1. The molecule has 0 saturated heterocycles. The number of carbonyl (C=O) groups excluding carboxylic acids is 1. The van der Waals surface area contributed by atoms with Crippen LogP contribution in [0.5, 0.6) is 0 Å². The number of anilines is 1. The second kappa shape index (κ2) is 6.87. The van der Waals surface area contributed by atoms with Crippen molar-refractivity contribution >= 4 is 32.4 Å². The van der Waals surface area contributed by atoms with Gasteiger partial charge in [-0.2, -0.15) is 4.31 Å². The van der Waals surface area contributed by atoms with Crippen LogP contribution < -0.4 is 5.32 Å². The van der Waals surface area contributed by atoms with Crippen LogP contribution in [0.3, 0.4) is 0 Å². The molecular weight excluding hydrogens is 393 g/mol. The number of furan rings is 1. The lowest BCUT2D eigenvalue weighted by molar-refractivity contribution is 0.102. The Morgan fingerprint density at radius 1 is 1.26 bits per heavy atom. The predicted octanol–water partition coefficient (Wildman–Crippen LogP) is 2.87. The van der Waals surface area contributed by atoms with E-state index in [1.807, 2.05) is 0 Å². The fourth-order valence-corrected chi connectivity index (χ4v) is 5.26. The van der Waals surface area contributed by atoms with Crippen LogP contribution in [-0.2, 0) is 23.0 Å². The van der Waals surface area contributed by atoms with Crippen molar-refractivity contribution in [1.29, 1.82) is 0 Å². The smallest absolute Gasteiger partial charge is 0.260 e. The second-order valence-corrected chi connectivity index (χ2v) is 8.92. The molecule has 10 heteroatoms. The van der Waals surface area contributed by atoms with Gasteiger partial charge in [0.25, 0.3) is 5.91 Å². The SMILES string of the molecule is O=C(Nc1nc2c(s1)CN(S(=O)(=O)c1ccc(F)cc1)CC2)c1ccoc1. The molecule has 1 aliphatic heterocycles. The van der Waals surface area contributed by atoms with Gasteiger partial charge in [0.05, 0.1) is 29.0 Å². The number of aromatic nitrogens is 1. The molecule has 0 radical (unpaired) electrons. The number of nitrogens with one attached hydrogen (secondary N) is 1. The highest BCUT2D eigenvalue weighted by Crippen LogP contribution is 2.31. The number of rotatable bonds is 4. The molecule has 1 amide bonds. The molecule has 27 heavy (non-hydrogen) atoms. The van der Waals surface area contributed by atoms with Crippen molar-refractivity contribution in [3.63, 3.8) is 0 Å². The summed E-state index contributed by atoms with van der Waals surface area (Å²) in [5.41, 5.74) is 1.15. The highest BCUT2D eigenvalue weighted by Gasteiger charge is 2.30. The minimum atomic E-state index is -3.72. The molecular formula is C17H14FN3O4S2. The van der Waals surface area contributed by atoms with Gasteiger partial charge in [-0.25, -0.2) is 17.8 Å². The molecule has 2 aromatic heterocycles. The number of sulfonamides is 1. The number of fused-ring (bicyclic) bond motifs is 1. The van der Waals surface area contributed by atoms with E-state index in [0.29, 0.717) is 17.1 Å². The van der Waals surface area contributed by atoms with Crippen molar-refractivity contribution in [3.8, 4) is 0 Å². The first-order chi connectivity index (χ1) is 12.9. The molecule has 3 aromatic rings. The van der Waals surface area contributed by atoms with Crippen molar-refractivity contribution in [2.45, 2.75) is 17.9 Å². The molecule has 1 N–H and O–H groups in total. The third kappa shape index (κ3) is 3.51. The third-order valence-electron chi connectivity index (χ3n) is 4.15. The van der Waals surface area contributed by atoms with Crippen LogP contribution in [0.15, 0.2) is 52.2 Å². The summed E-state index contributed by atoms with van der Waals surface area (Å²) in [6.45, 7) is 0.430. The minimum Gasteiger partial charge on any atom is -0.472 e. The Morgan fingerprint density at radius 3 is 2.74 bits per heavy atom. The average Bonchev–Trinajstić information content (AvgIpc) is 3.30. The summed E-state index contributed by atoms with van der Waals surface area (Å²) in [7, 11) is -3.72.